The van der Waals surface area contributed by atoms with Crippen LogP contribution in [0.1, 0.15) is 0 Å². The smallest absolute Gasteiger partial charge is 0.397 e. The standard InChI is InChI=1S/C21H16Cl2N6O10S3/c22-19-25-20(23)27-21(26-19)24-13-3-6-15-11(9-13)10-16(41(33,34)35)17(18(15)30)29-28-12-1-4-14(5-2-12)40(31,32)8-7-39-42(36,37)38/h1-6,9-10,30H,7-8H2,(H,33,34,35)(H,36,37,38)(H,24,25,26,27)/b29-28+. The molecule has 0 fully saturated rings. The number of sulfone groups is 1. The number of phenolic OH excluding ortho intramolecular Hbond substituents is 1. The van der Waals surface area contributed by atoms with Gasteiger partial charge in [0.05, 0.1) is 22.9 Å². The summed E-state index contributed by atoms with van der Waals surface area (Å²) >= 11 is 11.5. The van der Waals surface area contributed by atoms with E-state index in [1.165, 1.54) is 30.3 Å². The first kappa shape index (κ1) is 31.4. The fraction of sp³-hybridized carbons (Fsp3) is 0.0952. The van der Waals surface area contributed by atoms with Crippen molar-refractivity contribution in [3.63, 3.8) is 0 Å². The maximum Gasteiger partial charge on any atom is 0.397 e. The van der Waals surface area contributed by atoms with Gasteiger partial charge in [-0.3, -0.25) is 9.11 Å². The molecule has 16 nitrogen and oxygen atoms in total. The topological polar surface area (TPSA) is 248 Å². The van der Waals surface area contributed by atoms with E-state index in [0.717, 1.165) is 18.2 Å². The number of hydrogen-bond acceptors (Lipinski definition) is 14. The molecule has 0 saturated carbocycles. The van der Waals surface area contributed by atoms with Crippen LogP contribution in [-0.4, -0.2) is 66.8 Å². The van der Waals surface area contributed by atoms with Crippen LogP contribution >= 0.6 is 23.2 Å². The SMILES string of the molecule is O=S(=O)(O)OCCS(=O)(=O)c1ccc(/N=N/c2c(S(=O)(=O)O)cc3cc(Nc4nc(Cl)nc(Cl)n4)ccc3c2O)cc1. The normalized spacial score (nSPS) is 12.7. The summed E-state index contributed by atoms with van der Waals surface area (Å²) < 4.78 is 92.6. The van der Waals surface area contributed by atoms with Crippen LogP contribution in [0.25, 0.3) is 10.8 Å². The molecule has 222 valence electrons. The van der Waals surface area contributed by atoms with Gasteiger partial charge in [0.2, 0.25) is 16.5 Å². The summed E-state index contributed by atoms with van der Waals surface area (Å²) in [6.07, 6.45) is 0. The molecule has 0 radical (unpaired) electrons. The van der Waals surface area contributed by atoms with Gasteiger partial charge in [-0.1, -0.05) is 0 Å². The van der Waals surface area contributed by atoms with Crippen molar-refractivity contribution in [3.8, 4) is 5.75 Å². The average Bonchev–Trinajstić information content (AvgIpc) is 2.86. The Morgan fingerprint density at radius 1 is 0.857 bits per heavy atom. The van der Waals surface area contributed by atoms with Gasteiger partial charge in [0.15, 0.2) is 15.6 Å². The first-order valence-corrected chi connectivity index (χ1v) is 16.2. The highest BCUT2D eigenvalue weighted by Crippen LogP contribution is 2.42. The first-order valence-electron chi connectivity index (χ1n) is 11.0. The maximum absolute atomic E-state index is 12.3. The van der Waals surface area contributed by atoms with Crippen molar-refractivity contribution in [1.82, 2.24) is 15.0 Å². The van der Waals surface area contributed by atoms with Crippen molar-refractivity contribution in [1.29, 1.82) is 0 Å². The molecule has 0 saturated heterocycles. The second kappa shape index (κ2) is 12.0. The second-order valence-corrected chi connectivity index (χ2v) is 13.3. The molecule has 3 aromatic carbocycles. The molecule has 21 heteroatoms. The summed E-state index contributed by atoms with van der Waals surface area (Å²) in [5.41, 5.74) is -0.241. The Balaban J connectivity index is 1.64. The van der Waals surface area contributed by atoms with Gasteiger partial charge in [-0.05, 0) is 77.1 Å². The zero-order valence-corrected chi connectivity index (χ0v) is 24.4. The molecule has 4 aromatic rings. The van der Waals surface area contributed by atoms with E-state index in [0.29, 0.717) is 5.69 Å². The van der Waals surface area contributed by atoms with E-state index in [1.54, 1.807) is 0 Å². The lowest BCUT2D eigenvalue weighted by Crippen LogP contribution is -2.15. The lowest BCUT2D eigenvalue weighted by molar-refractivity contribution is 0.284. The number of phenols is 1. The summed E-state index contributed by atoms with van der Waals surface area (Å²) in [6.45, 7) is -0.819. The summed E-state index contributed by atoms with van der Waals surface area (Å²) in [5, 5.41) is 21.2. The van der Waals surface area contributed by atoms with Crippen LogP contribution in [0.4, 0.5) is 23.0 Å². The third-order valence-corrected chi connectivity index (χ3v) is 8.58. The minimum Gasteiger partial charge on any atom is -0.505 e. The summed E-state index contributed by atoms with van der Waals surface area (Å²) in [7, 11) is -13.8. The zero-order valence-electron chi connectivity index (χ0n) is 20.4. The summed E-state index contributed by atoms with van der Waals surface area (Å²) in [5.74, 6) is -1.42. The average molecular weight is 679 g/mol. The number of rotatable bonds is 10. The highest BCUT2D eigenvalue weighted by atomic mass is 35.5. The molecule has 0 aliphatic rings. The summed E-state index contributed by atoms with van der Waals surface area (Å²) in [4.78, 5) is 10.3. The van der Waals surface area contributed by atoms with Crippen LogP contribution in [0.15, 0.2) is 68.6 Å². The number of aromatic hydroxyl groups is 1. The molecule has 0 bridgehead atoms. The molecular formula is C21H16Cl2N6O10S3. The van der Waals surface area contributed by atoms with Crippen LogP contribution in [0, 0.1) is 0 Å². The molecule has 42 heavy (non-hydrogen) atoms. The van der Waals surface area contributed by atoms with E-state index in [1.807, 2.05) is 0 Å². The fourth-order valence-corrected chi connectivity index (χ4v) is 5.94. The Bertz CT molecular complexity index is 2020. The number of fused-ring (bicyclic) bond motifs is 1. The van der Waals surface area contributed by atoms with E-state index >= 15 is 0 Å². The highest BCUT2D eigenvalue weighted by molar-refractivity contribution is 7.91. The molecule has 0 aliphatic heterocycles. The summed E-state index contributed by atoms with van der Waals surface area (Å²) in [6, 6.07) is 9.98. The van der Waals surface area contributed by atoms with Crippen molar-refractivity contribution in [2.24, 2.45) is 10.2 Å². The molecule has 0 spiro atoms. The van der Waals surface area contributed by atoms with Gasteiger partial charge in [-0.25, -0.2) is 12.6 Å². The molecule has 0 aliphatic carbocycles. The van der Waals surface area contributed by atoms with Crippen LogP contribution in [-0.2, 0) is 34.5 Å². The van der Waals surface area contributed by atoms with E-state index in [4.69, 9.17) is 27.8 Å². The lowest BCUT2D eigenvalue weighted by atomic mass is 10.1. The Kier molecular flexibility index (Phi) is 8.94. The number of nitrogens with zero attached hydrogens (tertiary/aromatic N) is 5. The number of aromatic nitrogens is 3. The number of benzene rings is 3. The van der Waals surface area contributed by atoms with Crippen molar-refractivity contribution < 1.29 is 43.6 Å². The molecule has 1 aromatic heterocycles. The Morgan fingerprint density at radius 3 is 2.10 bits per heavy atom. The number of nitrogens with one attached hydrogen (secondary N) is 1. The highest BCUT2D eigenvalue weighted by Gasteiger charge is 2.22. The van der Waals surface area contributed by atoms with Gasteiger partial charge in [-0.2, -0.15) is 36.9 Å². The van der Waals surface area contributed by atoms with Gasteiger partial charge in [-0.15, -0.1) is 5.11 Å². The third-order valence-electron chi connectivity index (χ3n) is 5.21. The predicted molar refractivity (Wildman–Crippen MR) is 149 cm³/mol. The predicted octanol–water partition coefficient (Wildman–Crippen LogP) is 4.04. The van der Waals surface area contributed by atoms with Crippen LogP contribution in [0.2, 0.25) is 10.6 Å². The Morgan fingerprint density at radius 2 is 1.50 bits per heavy atom. The number of halogens is 2. The van der Waals surface area contributed by atoms with Gasteiger partial charge in [0.1, 0.15) is 10.6 Å². The minimum atomic E-state index is -4.93. The maximum atomic E-state index is 12.3. The van der Waals surface area contributed by atoms with E-state index in [2.05, 4.69) is 34.7 Å². The number of anilines is 2. The van der Waals surface area contributed by atoms with Gasteiger partial charge >= 0.3 is 10.4 Å². The molecule has 4 N–H and O–H groups in total. The Labute approximate surface area is 247 Å². The van der Waals surface area contributed by atoms with Crippen molar-refractivity contribution in [3.05, 3.63) is 59.1 Å². The van der Waals surface area contributed by atoms with Crippen LogP contribution in [0.5, 0.6) is 5.75 Å². The fourth-order valence-electron chi connectivity index (χ4n) is 3.43. The monoisotopic (exact) mass is 678 g/mol. The number of azo groups is 1. The zero-order chi connectivity index (χ0) is 30.9. The number of hydrogen-bond donors (Lipinski definition) is 4. The molecule has 4 rings (SSSR count). The van der Waals surface area contributed by atoms with Crippen molar-refractivity contribution >= 4 is 87.3 Å². The van der Waals surface area contributed by atoms with Crippen LogP contribution < -0.4 is 5.32 Å². The van der Waals surface area contributed by atoms with Gasteiger partial charge < -0.3 is 10.4 Å². The third kappa shape index (κ3) is 7.83. The van der Waals surface area contributed by atoms with Crippen molar-refractivity contribution in [2.45, 2.75) is 9.79 Å². The Hall–Kier alpha value is -3.56. The molecule has 1 heterocycles. The van der Waals surface area contributed by atoms with Gasteiger partial charge in [0.25, 0.3) is 10.1 Å². The molecule has 0 amide bonds. The van der Waals surface area contributed by atoms with E-state index in [-0.39, 0.29) is 37.9 Å². The quantitative estimate of drug-likeness (QED) is 0.136. The van der Waals surface area contributed by atoms with Crippen LogP contribution in [0.3, 0.4) is 0 Å². The lowest BCUT2D eigenvalue weighted by Gasteiger charge is -2.11. The van der Waals surface area contributed by atoms with E-state index in [9.17, 15) is 34.9 Å². The second-order valence-electron chi connectivity index (χ2n) is 8.07. The molecule has 0 atom stereocenters. The van der Waals surface area contributed by atoms with Gasteiger partial charge in [0, 0.05) is 11.1 Å². The minimum absolute atomic E-state index is 0.0192. The first-order chi connectivity index (χ1) is 19.5. The van der Waals surface area contributed by atoms with Crippen molar-refractivity contribution in [2.75, 3.05) is 17.7 Å². The van der Waals surface area contributed by atoms with E-state index < -0.39 is 59.0 Å². The largest absolute Gasteiger partial charge is 0.505 e. The molecule has 0 unspecified atom stereocenters. The molecular weight excluding hydrogens is 663 g/mol.